The van der Waals surface area contributed by atoms with Gasteiger partial charge in [0.25, 0.3) is 0 Å². The van der Waals surface area contributed by atoms with Crippen molar-refractivity contribution in [3.8, 4) is 17.0 Å². The molecule has 0 saturated carbocycles. The maximum Gasteiger partial charge on any atom is 0.573 e. The predicted molar refractivity (Wildman–Crippen MR) is 80.5 cm³/mol. The highest BCUT2D eigenvalue weighted by Crippen LogP contribution is 2.26. The number of hydrogen-bond acceptors (Lipinski definition) is 4. The summed E-state index contributed by atoms with van der Waals surface area (Å²) in [6.45, 7) is 5.80. The molecule has 0 amide bonds. The minimum Gasteiger partial charge on any atom is -0.461 e. The Bertz CT molecular complexity index is 721. The van der Waals surface area contributed by atoms with Crippen LogP contribution in [0.1, 0.15) is 17.4 Å². The first-order valence-electron chi connectivity index (χ1n) is 7.06. The Morgan fingerprint density at radius 3 is 2.54 bits per heavy atom. The molecule has 2 rings (SSSR count). The number of esters is 1. The average Bonchev–Trinajstić information content (AvgIpc) is 2.91. The van der Waals surface area contributed by atoms with Gasteiger partial charge in [0.15, 0.2) is 0 Å². The molecule has 8 heteroatoms. The zero-order chi connectivity index (χ0) is 17.7. The normalized spacial score (nSPS) is 11.2. The van der Waals surface area contributed by atoms with E-state index in [-0.39, 0.29) is 18.1 Å². The van der Waals surface area contributed by atoms with E-state index in [1.165, 1.54) is 35.0 Å². The lowest BCUT2D eigenvalue weighted by molar-refractivity contribution is -0.274. The summed E-state index contributed by atoms with van der Waals surface area (Å²) < 4.78 is 46.7. The van der Waals surface area contributed by atoms with Crippen LogP contribution in [0.3, 0.4) is 0 Å². The van der Waals surface area contributed by atoms with Crippen molar-refractivity contribution in [2.45, 2.75) is 19.8 Å². The summed E-state index contributed by atoms with van der Waals surface area (Å²) in [6.07, 6.45) is -3.18. The highest BCUT2D eigenvalue weighted by atomic mass is 19.4. The fourth-order valence-corrected chi connectivity index (χ4v) is 2.02. The van der Waals surface area contributed by atoms with E-state index in [9.17, 15) is 18.0 Å². The van der Waals surface area contributed by atoms with Crippen LogP contribution in [0.2, 0.25) is 0 Å². The lowest BCUT2D eigenvalue weighted by Gasteiger charge is -2.08. The minimum atomic E-state index is -4.75. The van der Waals surface area contributed by atoms with Crippen LogP contribution in [0.25, 0.3) is 11.3 Å². The molecular formula is C16H15F3N2O3. The highest BCUT2D eigenvalue weighted by Gasteiger charge is 2.31. The van der Waals surface area contributed by atoms with Crippen molar-refractivity contribution in [2.24, 2.45) is 0 Å². The second-order valence-electron chi connectivity index (χ2n) is 4.68. The lowest BCUT2D eigenvalue weighted by Crippen LogP contribution is -2.16. The Labute approximate surface area is 136 Å². The zero-order valence-electron chi connectivity index (χ0n) is 12.8. The number of halogens is 3. The van der Waals surface area contributed by atoms with Crippen LogP contribution in [-0.4, -0.2) is 28.7 Å². The first kappa shape index (κ1) is 17.6. The molecule has 0 atom stereocenters. The second-order valence-corrected chi connectivity index (χ2v) is 4.68. The van der Waals surface area contributed by atoms with Gasteiger partial charge in [-0.25, -0.2) is 4.79 Å². The van der Waals surface area contributed by atoms with Gasteiger partial charge in [0.2, 0.25) is 0 Å². The first-order valence-corrected chi connectivity index (χ1v) is 7.06. The molecule has 0 unspecified atom stereocenters. The number of alkyl halides is 3. The molecule has 5 nitrogen and oxygen atoms in total. The number of allylic oxidation sites excluding steroid dienone is 1. The van der Waals surface area contributed by atoms with Crippen LogP contribution >= 0.6 is 0 Å². The Morgan fingerprint density at radius 1 is 1.33 bits per heavy atom. The molecule has 24 heavy (non-hydrogen) atoms. The van der Waals surface area contributed by atoms with Gasteiger partial charge in [0.1, 0.15) is 11.4 Å². The van der Waals surface area contributed by atoms with Crippen LogP contribution in [0.5, 0.6) is 5.75 Å². The first-order chi connectivity index (χ1) is 11.3. The van der Waals surface area contributed by atoms with Gasteiger partial charge in [0.05, 0.1) is 18.8 Å². The Hall–Kier alpha value is -2.77. The molecule has 0 spiro atoms. The van der Waals surface area contributed by atoms with Crippen LogP contribution in [0.15, 0.2) is 43.0 Å². The summed E-state index contributed by atoms with van der Waals surface area (Å²) in [4.78, 5) is 11.9. The SMILES string of the molecule is C=CCn1nc(-c2ccc(OC(F)(F)F)cc2)cc1C(=O)OCC. The van der Waals surface area contributed by atoms with E-state index < -0.39 is 12.3 Å². The van der Waals surface area contributed by atoms with Gasteiger partial charge in [-0.05, 0) is 37.3 Å². The van der Waals surface area contributed by atoms with E-state index in [0.29, 0.717) is 17.8 Å². The van der Waals surface area contributed by atoms with Crippen LogP contribution < -0.4 is 4.74 Å². The number of benzene rings is 1. The Kier molecular flexibility index (Phi) is 5.28. The highest BCUT2D eigenvalue weighted by molar-refractivity contribution is 5.89. The molecular weight excluding hydrogens is 325 g/mol. The van der Waals surface area contributed by atoms with Gasteiger partial charge in [0, 0.05) is 5.56 Å². The van der Waals surface area contributed by atoms with Crippen LogP contribution in [-0.2, 0) is 11.3 Å². The van der Waals surface area contributed by atoms with E-state index in [2.05, 4.69) is 16.4 Å². The molecule has 128 valence electrons. The molecule has 0 aliphatic rings. The molecule has 0 aliphatic heterocycles. The molecule has 1 aromatic carbocycles. The molecule has 2 aromatic rings. The summed E-state index contributed by atoms with van der Waals surface area (Å²) in [5, 5.41) is 4.26. The summed E-state index contributed by atoms with van der Waals surface area (Å²) in [7, 11) is 0. The number of carbonyl (C=O) groups is 1. The van der Waals surface area contributed by atoms with Gasteiger partial charge < -0.3 is 9.47 Å². The van der Waals surface area contributed by atoms with E-state index in [1.54, 1.807) is 13.0 Å². The van der Waals surface area contributed by atoms with Gasteiger partial charge in [-0.3, -0.25) is 4.68 Å². The molecule has 0 N–H and O–H groups in total. The summed E-state index contributed by atoms with van der Waals surface area (Å²) >= 11 is 0. The van der Waals surface area contributed by atoms with Crippen molar-refractivity contribution < 1.29 is 27.4 Å². The zero-order valence-corrected chi connectivity index (χ0v) is 12.8. The summed E-state index contributed by atoms with van der Waals surface area (Å²) in [5.74, 6) is -0.863. The molecule has 0 aliphatic carbocycles. The maximum atomic E-state index is 12.2. The number of rotatable bonds is 6. The standard InChI is InChI=1S/C16H15F3N2O3/c1-3-9-21-14(15(22)23-4-2)10-13(20-21)11-5-7-12(8-6-11)24-16(17,18)19/h3,5-8,10H,1,4,9H2,2H3. The Balaban J connectivity index is 2.29. The van der Waals surface area contributed by atoms with Crippen molar-refractivity contribution in [3.63, 3.8) is 0 Å². The monoisotopic (exact) mass is 340 g/mol. The van der Waals surface area contributed by atoms with Crippen molar-refractivity contribution in [3.05, 3.63) is 48.7 Å². The fourth-order valence-electron chi connectivity index (χ4n) is 2.02. The minimum absolute atomic E-state index is 0.219. The predicted octanol–water partition coefficient (Wildman–Crippen LogP) is 3.81. The molecule has 1 aromatic heterocycles. The fraction of sp³-hybridized carbons (Fsp3) is 0.250. The third-order valence-corrected chi connectivity index (χ3v) is 2.95. The molecule has 0 bridgehead atoms. The van der Waals surface area contributed by atoms with Crippen LogP contribution in [0.4, 0.5) is 13.2 Å². The second kappa shape index (κ2) is 7.20. The van der Waals surface area contributed by atoms with Crippen molar-refractivity contribution >= 4 is 5.97 Å². The molecule has 0 saturated heterocycles. The average molecular weight is 340 g/mol. The topological polar surface area (TPSA) is 53.4 Å². The largest absolute Gasteiger partial charge is 0.573 e. The number of nitrogens with zero attached hydrogens (tertiary/aromatic N) is 2. The van der Waals surface area contributed by atoms with Crippen molar-refractivity contribution in [1.29, 1.82) is 0 Å². The molecule has 0 fully saturated rings. The molecule has 0 radical (unpaired) electrons. The summed E-state index contributed by atoms with van der Waals surface area (Å²) in [5.41, 5.74) is 1.21. The number of carbonyl (C=O) groups excluding carboxylic acids is 1. The third-order valence-electron chi connectivity index (χ3n) is 2.95. The van der Waals surface area contributed by atoms with E-state index in [1.807, 2.05) is 0 Å². The molecule has 1 heterocycles. The van der Waals surface area contributed by atoms with E-state index in [0.717, 1.165) is 0 Å². The third kappa shape index (κ3) is 4.37. The van der Waals surface area contributed by atoms with Crippen molar-refractivity contribution in [2.75, 3.05) is 6.61 Å². The van der Waals surface area contributed by atoms with Gasteiger partial charge >= 0.3 is 12.3 Å². The smallest absolute Gasteiger partial charge is 0.461 e. The Morgan fingerprint density at radius 2 is 2.00 bits per heavy atom. The number of aromatic nitrogens is 2. The van der Waals surface area contributed by atoms with E-state index in [4.69, 9.17) is 4.74 Å². The van der Waals surface area contributed by atoms with E-state index >= 15 is 0 Å². The van der Waals surface area contributed by atoms with Gasteiger partial charge in [-0.2, -0.15) is 5.10 Å². The maximum absolute atomic E-state index is 12.2. The quantitative estimate of drug-likeness (QED) is 0.593. The lowest BCUT2D eigenvalue weighted by atomic mass is 10.1. The van der Waals surface area contributed by atoms with Gasteiger partial charge in [-0.1, -0.05) is 6.08 Å². The van der Waals surface area contributed by atoms with Crippen molar-refractivity contribution in [1.82, 2.24) is 9.78 Å². The van der Waals surface area contributed by atoms with Crippen LogP contribution in [0, 0.1) is 0 Å². The van der Waals surface area contributed by atoms with Gasteiger partial charge in [-0.15, -0.1) is 19.8 Å². The number of hydrogen-bond donors (Lipinski definition) is 0. The summed E-state index contributed by atoms with van der Waals surface area (Å²) in [6, 6.07) is 6.73. The number of ether oxygens (including phenoxy) is 2.